The van der Waals surface area contributed by atoms with Gasteiger partial charge in [-0.1, -0.05) is 0 Å². The van der Waals surface area contributed by atoms with E-state index >= 15 is 0 Å². The highest BCUT2D eigenvalue weighted by molar-refractivity contribution is 5.76. The lowest BCUT2D eigenvalue weighted by Crippen LogP contribution is -2.15. The smallest absolute Gasteiger partial charge is 0.177 e. The molecule has 3 aromatic heterocycles. The van der Waals surface area contributed by atoms with Gasteiger partial charge in [0.2, 0.25) is 0 Å². The Labute approximate surface area is 143 Å². The Hall–Kier alpha value is -3.22. The SMILES string of the molecule is Cc1ccc(Cn2ncc3[nH]c(-c4ccc5c(c4)OCCO5)nc32)o1. The standard InChI is InChI=1S/C18H16N4O3/c1-11-2-4-13(25-11)10-22-18-14(9-19-22)20-17(21-18)12-3-5-15-16(8-12)24-7-6-23-15/h2-5,8-9H,6-7,10H2,1H3,(H,20,21). The van der Waals surface area contributed by atoms with Gasteiger partial charge in [0.05, 0.1) is 6.20 Å². The van der Waals surface area contributed by atoms with Crippen molar-refractivity contribution in [3.05, 3.63) is 48.0 Å². The first-order valence-electron chi connectivity index (χ1n) is 8.13. The van der Waals surface area contributed by atoms with E-state index in [0.717, 1.165) is 45.6 Å². The number of rotatable bonds is 3. The minimum Gasteiger partial charge on any atom is -0.486 e. The van der Waals surface area contributed by atoms with Crippen molar-refractivity contribution in [2.75, 3.05) is 13.2 Å². The molecule has 0 unspecified atom stereocenters. The van der Waals surface area contributed by atoms with Gasteiger partial charge in [-0.05, 0) is 37.3 Å². The highest BCUT2D eigenvalue weighted by atomic mass is 16.6. The molecular weight excluding hydrogens is 320 g/mol. The highest BCUT2D eigenvalue weighted by Crippen LogP contribution is 2.34. The first-order valence-corrected chi connectivity index (χ1v) is 8.13. The molecule has 0 radical (unpaired) electrons. The maximum absolute atomic E-state index is 5.65. The fourth-order valence-corrected chi connectivity index (χ4v) is 3.01. The molecule has 0 bridgehead atoms. The Bertz CT molecular complexity index is 1060. The molecule has 4 aromatic rings. The van der Waals surface area contributed by atoms with E-state index in [-0.39, 0.29) is 0 Å². The average molecular weight is 336 g/mol. The zero-order valence-electron chi connectivity index (χ0n) is 13.7. The molecule has 1 aliphatic heterocycles. The van der Waals surface area contributed by atoms with Crippen molar-refractivity contribution in [2.24, 2.45) is 0 Å². The lowest BCUT2D eigenvalue weighted by Gasteiger charge is -2.18. The van der Waals surface area contributed by atoms with E-state index in [2.05, 4.69) is 10.1 Å². The molecule has 126 valence electrons. The third-order valence-corrected chi connectivity index (χ3v) is 4.20. The number of hydrogen-bond donors (Lipinski definition) is 1. The van der Waals surface area contributed by atoms with E-state index < -0.39 is 0 Å². The molecular formula is C18H16N4O3. The lowest BCUT2D eigenvalue weighted by atomic mass is 10.2. The number of hydrogen-bond acceptors (Lipinski definition) is 5. The van der Waals surface area contributed by atoms with Crippen LogP contribution in [0.3, 0.4) is 0 Å². The number of aromatic amines is 1. The van der Waals surface area contributed by atoms with E-state index in [4.69, 9.17) is 18.9 Å². The van der Waals surface area contributed by atoms with Crippen molar-refractivity contribution >= 4 is 11.2 Å². The van der Waals surface area contributed by atoms with Crippen LogP contribution in [0.2, 0.25) is 0 Å². The number of fused-ring (bicyclic) bond motifs is 2. The summed E-state index contributed by atoms with van der Waals surface area (Å²) >= 11 is 0. The van der Waals surface area contributed by atoms with Crippen molar-refractivity contribution in [3.63, 3.8) is 0 Å². The second-order valence-electron chi connectivity index (χ2n) is 6.00. The number of ether oxygens (including phenoxy) is 2. The fourth-order valence-electron chi connectivity index (χ4n) is 3.01. The Balaban J connectivity index is 1.50. The monoisotopic (exact) mass is 336 g/mol. The summed E-state index contributed by atoms with van der Waals surface area (Å²) in [5, 5.41) is 4.38. The van der Waals surface area contributed by atoms with Gasteiger partial charge in [0.1, 0.15) is 42.6 Å². The van der Waals surface area contributed by atoms with Crippen molar-refractivity contribution in [2.45, 2.75) is 13.5 Å². The van der Waals surface area contributed by atoms with Crippen LogP contribution in [0.1, 0.15) is 11.5 Å². The summed E-state index contributed by atoms with van der Waals surface area (Å²) in [4.78, 5) is 8.01. The zero-order chi connectivity index (χ0) is 16.8. The molecule has 4 heterocycles. The molecule has 25 heavy (non-hydrogen) atoms. The topological polar surface area (TPSA) is 78.1 Å². The summed E-state index contributed by atoms with van der Waals surface area (Å²) in [6.45, 7) is 3.62. The molecule has 1 aromatic carbocycles. The van der Waals surface area contributed by atoms with Crippen LogP contribution in [-0.4, -0.2) is 33.0 Å². The van der Waals surface area contributed by atoms with Crippen LogP contribution in [0.5, 0.6) is 11.5 Å². The maximum Gasteiger partial charge on any atom is 0.177 e. The van der Waals surface area contributed by atoms with E-state index in [1.54, 1.807) is 6.20 Å². The molecule has 5 rings (SSSR count). The molecule has 7 heteroatoms. The number of aryl methyl sites for hydroxylation is 1. The van der Waals surface area contributed by atoms with Crippen LogP contribution < -0.4 is 9.47 Å². The predicted octanol–water partition coefficient (Wildman–Crippen LogP) is 3.15. The van der Waals surface area contributed by atoms with Gasteiger partial charge in [-0.2, -0.15) is 5.10 Å². The van der Waals surface area contributed by atoms with E-state index in [9.17, 15) is 0 Å². The quantitative estimate of drug-likeness (QED) is 0.622. The summed E-state index contributed by atoms with van der Waals surface area (Å²) in [6, 6.07) is 9.73. The number of imidazole rings is 1. The molecule has 0 fully saturated rings. The number of H-pyrrole nitrogens is 1. The van der Waals surface area contributed by atoms with Crippen LogP contribution in [0.4, 0.5) is 0 Å². The second-order valence-corrected chi connectivity index (χ2v) is 6.00. The highest BCUT2D eigenvalue weighted by Gasteiger charge is 2.16. The lowest BCUT2D eigenvalue weighted by molar-refractivity contribution is 0.171. The number of furan rings is 1. The molecule has 0 saturated heterocycles. The maximum atomic E-state index is 5.65. The van der Waals surface area contributed by atoms with Gasteiger partial charge in [0.15, 0.2) is 17.1 Å². The average Bonchev–Trinajstić information content (AvgIpc) is 3.32. The van der Waals surface area contributed by atoms with Crippen molar-refractivity contribution in [3.8, 4) is 22.9 Å². The number of benzene rings is 1. The normalized spacial score (nSPS) is 13.5. The summed E-state index contributed by atoms with van der Waals surface area (Å²) in [7, 11) is 0. The van der Waals surface area contributed by atoms with Gasteiger partial charge in [0, 0.05) is 5.56 Å². The zero-order valence-corrected chi connectivity index (χ0v) is 13.7. The van der Waals surface area contributed by atoms with Gasteiger partial charge in [-0.25, -0.2) is 9.67 Å². The Morgan fingerprint density at radius 2 is 2.00 bits per heavy atom. The van der Waals surface area contributed by atoms with Crippen LogP contribution in [0.15, 0.2) is 40.9 Å². The van der Waals surface area contributed by atoms with Crippen molar-refractivity contribution in [1.29, 1.82) is 0 Å². The fraction of sp³-hybridized carbons (Fsp3) is 0.222. The second kappa shape index (κ2) is 5.41. The summed E-state index contributed by atoms with van der Waals surface area (Å²) in [5.41, 5.74) is 2.62. The minimum atomic E-state index is 0.544. The van der Waals surface area contributed by atoms with Gasteiger partial charge >= 0.3 is 0 Å². The van der Waals surface area contributed by atoms with Crippen LogP contribution in [-0.2, 0) is 6.54 Å². The largest absolute Gasteiger partial charge is 0.486 e. The van der Waals surface area contributed by atoms with Crippen molar-refractivity contribution < 1.29 is 13.9 Å². The Kier molecular flexibility index (Phi) is 3.06. The third-order valence-electron chi connectivity index (χ3n) is 4.20. The molecule has 0 aliphatic carbocycles. The van der Waals surface area contributed by atoms with E-state index in [1.807, 2.05) is 41.9 Å². The molecule has 1 aliphatic rings. The molecule has 0 saturated carbocycles. The number of nitrogens with zero attached hydrogens (tertiary/aromatic N) is 3. The van der Waals surface area contributed by atoms with Crippen LogP contribution >= 0.6 is 0 Å². The molecule has 0 spiro atoms. The van der Waals surface area contributed by atoms with Gasteiger partial charge in [0.25, 0.3) is 0 Å². The van der Waals surface area contributed by atoms with E-state index in [1.165, 1.54) is 0 Å². The molecule has 0 amide bonds. The third kappa shape index (κ3) is 2.44. The first-order chi connectivity index (χ1) is 12.3. The van der Waals surface area contributed by atoms with Crippen LogP contribution in [0, 0.1) is 6.92 Å². The molecule has 0 atom stereocenters. The molecule has 7 nitrogen and oxygen atoms in total. The Morgan fingerprint density at radius 1 is 1.12 bits per heavy atom. The first kappa shape index (κ1) is 14.2. The molecule has 1 N–H and O–H groups in total. The van der Waals surface area contributed by atoms with Crippen LogP contribution in [0.25, 0.3) is 22.6 Å². The number of aromatic nitrogens is 4. The number of nitrogens with one attached hydrogen (secondary N) is 1. The van der Waals surface area contributed by atoms with Gasteiger partial charge < -0.3 is 18.9 Å². The summed E-state index contributed by atoms with van der Waals surface area (Å²) < 4.78 is 18.7. The van der Waals surface area contributed by atoms with Crippen molar-refractivity contribution in [1.82, 2.24) is 19.7 Å². The Morgan fingerprint density at radius 3 is 2.84 bits per heavy atom. The van der Waals surface area contributed by atoms with E-state index in [0.29, 0.717) is 19.8 Å². The minimum absolute atomic E-state index is 0.544. The summed E-state index contributed by atoms with van der Waals surface area (Å²) in [5.74, 6) is 4.03. The predicted molar refractivity (Wildman–Crippen MR) is 90.9 cm³/mol. The van der Waals surface area contributed by atoms with Gasteiger partial charge in [-0.15, -0.1) is 0 Å². The van der Waals surface area contributed by atoms with Gasteiger partial charge in [-0.3, -0.25) is 0 Å². The summed E-state index contributed by atoms with van der Waals surface area (Å²) in [6.07, 6.45) is 1.78.